The fraction of sp³-hybridized carbons (Fsp3) is 0.206. The molecule has 0 aliphatic heterocycles. The molecule has 1 saturated carbocycles. The second-order valence-corrected chi connectivity index (χ2v) is 10.7. The lowest BCUT2D eigenvalue weighted by Crippen LogP contribution is -2.29. The molecule has 2 heterocycles. The highest BCUT2D eigenvalue weighted by Gasteiger charge is 2.27. The normalized spacial score (nSPS) is 13.9. The van der Waals surface area contributed by atoms with E-state index in [1.165, 1.54) is 42.6 Å². The number of hydrogen-bond acceptors (Lipinski definition) is 6. The predicted octanol–water partition coefficient (Wildman–Crippen LogP) is 6.29. The number of nitrogens with one attached hydrogen (secondary N) is 1. The molecule has 0 unspecified atom stereocenters. The van der Waals surface area contributed by atoms with Gasteiger partial charge < -0.3 is 15.6 Å². The lowest BCUT2D eigenvalue weighted by molar-refractivity contribution is 0.102. The number of aliphatic imine (C=N–C) groups is 1. The number of carbonyl (C=O) groups is 1. The van der Waals surface area contributed by atoms with Gasteiger partial charge in [0, 0.05) is 47.4 Å². The second kappa shape index (κ2) is 12.9. The first kappa shape index (κ1) is 30.8. The number of nitriles is 1. The van der Waals surface area contributed by atoms with Crippen molar-refractivity contribution in [2.45, 2.75) is 45.7 Å². The molecule has 0 bridgehead atoms. The fourth-order valence-electron chi connectivity index (χ4n) is 5.17. The van der Waals surface area contributed by atoms with Gasteiger partial charge in [-0.25, -0.2) is 13.8 Å². The fourth-order valence-corrected chi connectivity index (χ4v) is 5.17. The van der Waals surface area contributed by atoms with E-state index >= 15 is 4.39 Å². The van der Waals surface area contributed by atoms with Gasteiger partial charge in [0.2, 0.25) is 5.43 Å². The Morgan fingerprint density at radius 2 is 1.93 bits per heavy atom. The molecule has 11 heteroatoms. The van der Waals surface area contributed by atoms with Crippen LogP contribution in [0.3, 0.4) is 0 Å². The monoisotopic (exact) mass is 607 g/mol. The van der Waals surface area contributed by atoms with Crippen molar-refractivity contribution < 1.29 is 13.6 Å². The van der Waals surface area contributed by atoms with Gasteiger partial charge in [-0.15, -0.1) is 0 Å². The van der Waals surface area contributed by atoms with Crippen molar-refractivity contribution in [3.8, 4) is 17.2 Å². The Hall–Kier alpha value is -5.63. The zero-order valence-electron chi connectivity index (χ0n) is 24.8. The summed E-state index contributed by atoms with van der Waals surface area (Å²) in [5.74, 6) is -1.96. The van der Waals surface area contributed by atoms with Crippen molar-refractivity contribution in [3.05, 3.63) is 117 Å². The number of halogens is 2. The molecule has 1 aliphatic carbocycles. The SMILES string of the molecule is C=N/C(N)=C(\C=C(/C)c1cnn(CC)c1)c1ccc(NC(=O)c2cn(C3CCC3)c(C#N)c(-c3ccc(F)cc3)c2=O)cc1F. The Morgan fingerprint density at radius 1 is 1.20 bits per heavy atom. The standard InChI is InChI=1S/C34H31F2N7O2/c1-4-42-18-22(17-40-42)20(2)14-27(33(38)39-3)26-13-12-24(15-29(26)36)41-34(45)28-19-43(25-6-5-7-25)30(16-37)31(32(28)44)21-8-10-23(35)11-9-21/h8-15,17-19,25H,3-7,38H2,1-2H3,(H,41,45)/b20-14+,33-27+. The first-order valence-electron chi connectivity index (χ1n) is 14.4. The van der Waals surface area contributed by atoms with Crippen LogP contribution in [-0.4, -0.2) is 27.0 Å². The summed E-state index contributed by atoms with van der Waals surface area (Å²) in [7, 11) is 0. The van der Waals surface area contributed by atoms with Crippen LogP contribution in [0.1, 0.15) is 66.3 Å². The molecule has 1 fully saturated rings. The van der Waals surface area contributed by atoms with Crippen LogP contribution in [0.25, 0.3) is 22.3 Å². The molecular formula is C34H31F2N7O2. The van der Waals surface area contributed by atoms with E-state index in [0.29, 0.717) is 17.7 Å². The summed E-state index contributed by atoms with van der Waals surface area (Å²) < 4.78 is 32.7. The average molecular weight is 608 g/mol. The summed E-state index contributed by atoms with van der Waals surface area (Å²) in [4.78, 5) is 31.0. The highest BCUT2D eigenvalue weighted by molar-refractivity contribution is 6.05. The number of nitrogens with two attached hydrogens (primary N) is 1. The van der Waals surface area contributed by atoms with Crippen LogP contribution >= 0.6 is 0 Å². The highest BCUT2D eigenvalue weighted by atomic mass is 19.1. The van der Waals surface area contributed by atoms with Crippen LogP contribution < -0.4 is 16.5 Å². The Bertz CT molecular complexity index is 1960. The molecule has 1 aliphatic rings. The van der Waals surface area contributed by atoms with Crippen LogP contribution in [0.5, 0.6) is 0 Å². The molecule has 0 atom stereocenters. The zero-order chi connectivity index (χ0) is 32.2. The van der Waals surface area contributed by atoms with E-state index in [2.05, 4.69) is 28.2 Å². The van der Waals surface area contributed by atoms with Crippen molar-refractivity contribution in [3.63, 3.8) is 0 Å². The number of anilines is 1. The highest BCUT2D eigenvalue weighted by Crippen LogP contribution is 2.35. The predicted molar refractivity (Wildman–Crippen MR) is 170 cm³/mol. The number of nitrogens with zero attached hydrogens (tertiary/aromatic N) is 5. The van der Waals surface area contributed by atoms with E-state index < -0.39 is 23.0 Å². The molecule has 9 nitrogen and oxygen atoms in total. The quantitative estimate of drug-likeness (QED) is 0.171. The summed E-state index contributed by atoms with van der Waals surface area (Å²) >= 11 is 0. The first-order chi connectivity index (χ1) is 21.6. The molecule has 0 saturated heterocycles. The third-order valence-corrected chi connectivity index (χ3v) is 7.92. The number of rotatable bonds is 9. The summed E-state index contributed by atoms with van der Waals surface area (Å²) in [5.41, 5.74) is 7.72. The van der Waals surface area contributed by atoms with E-state index in [1.54, 1.807) is 21.5 Å². The summed E-state index contributed by atoms with van der Waals surface area (Å²) in [5, 5.41) is 16.9. The summed E-state index contributed by atoms with van der Waals surface area (Å²) in [6.45, 7) is 7.98. The average Bonchev–Trinajstić information content (AvgIpc) is 3.49. The third-order valence-electron chi connectivity index (χ3n) is 7.92. The first-order valence-corrected chi connectivity index (χ1v) is 14.4. The number of amides is 1. The van der Waals surface area contributed by atoms with Crippen LogP contribution in [-0.2, 0) is 6.54 Å². The second-order valence-electron chi connectivity index (χ2n) is 10.7. The van der Waals surface area contributed by atoms with Gasteiger partial charge in [-0.2, -0.15) is 10.4 Å². The largest absolute Gasteiger partial charge is 0.383 e. The summed E-state index contributed by atoms with van der Waals surface area (Å²) in [6, 6.07) is 11.3. The zero-order valence-corrected chi connectivity index (χ0v) is 24.8. The van der Waals surface area contributed by atoms with Crippen molar-refractivity contribution in [1.29, 1.82) is 5.26 Å². The van der Waals surface area contributed by atoms with Gasteiger partial charge in [0.15, 0.2) is 0 Å². The minimum absolute atomic E-state index is 0.00685. The number of allylic oxidation sites excluding steroid dienone is 3. The Balaban J connectivity index is 1.50. The molecule has 2 aromatic carbocycles. The van der Waals surface area contributed by atoms with E-state index in [4.69, 9.17) is 5.73 Å². The van der Waals surface area contributed by atoms with Gasteiger partial charge in [0.25, 0.3) is 5.91 Å². The van der Waals surface area contributed by atoms with E-state index in [1.807, 2.05) is 20.0 Å². The number of carbonyl (C=O) groups excluding carboxylic acids is 1. The Morgan fingerprint density at radius 3 is 2.51 bits per heavy atom. The molecule has 0 spiro atoms. The van der Waals surface area contributed by atoms with Gasteiger partial charge in [-0.1, -0.05) is 12.1 Å². The maximum atomic E-state index is 15.6. The van der Waals surface area contributed by atoms with E-state index in [0.717, 1.165) is 36.5 Å². The van der Waals surface area contributed by atoms with Crippen molar-refractivity contribution in [2.75, 3.05) is 5.32 Å². The summed E-state index contributed by atoms with van der Waals surface area (Å²) in [6.07, 6.45) is 9.13. The maximum Gasteiger partial charge on any atom is 0.261 e. The molecular weight excluding hydrogens is 576 g/mol. The minimum Gasteiger partial charge on any atom is -0.383 e. The number of pyridine rings is 1. The molecule has 228 valence electrons. The minimum atomic E-state index is -0.778. The number of benzene rings is 2. The topological polar surface area (TPSA) is 131 Å². The van der Waals surface area contributed by atoms with E-state index in [-0.39, 0.29) is 39.9 Å². The van der Waals surface area contributed by atoms with Crippen LogP contribution in [0.15, 0.2) is 82.7 Å². The van der Waals surface area contributed by atoms with Gasteiger partial charge >= 0.3 is 0 Å². The molecule has 0 radical (unpaired) electrons. The molecule has 5 rings (SSSR count). The van der Waals surface area contributed by atoms with Gasteiger partial charge in [0.1, 0.15) is 34.8 Å². The lowest BCUT2D eigenvalue weighted by atomic mass is 9.91. The third kappa shape index (κ3) is 6.21. The van der Waals surface area contributed by atoms with E-state index in [9.17, 15) is 19.2 Å². The lowest BCUT2D eigenvalue weighted by Gasteiger charge is -2.30. The van der Waals surface area contributed by atoms with Gasteiger partial charge in [-0.05, 0) is 87.4 Å². The van der Waals surface area contributed by atoms with Crippen molar-refractivity contribution in [1.82, 2.24) is 14.3 Å². The number of hydrogen-bond donors (Lipinski definition) is 2. The van der Waals surface area contributed by atoms with Crippen LogP contribution in [0.2, 0.25) is 0 Å². The molecule has 2 aromatic heterocycles. The van der Waals surface area contributed by atoms with Gasteiger partial charge in [-0.3, -0.25) is 14.3 Å². The van der Waals surface area contributed by atoms with Gasteiger partial charge in [0.05, 0.1) is 11.8 Å². The number of aromatic nitrogens is 3. The Labute approximate surface area is 258 Å². The maximum absolute atomic E-state index is 15.6. The molecule has 4 aromatic rings. The van der Waals surface area contributed by atoms with Crippen molar-refractivity contribution in [2.24, 2.45) is 10.7 Å². The van der Waals surface area contributed by atoms with Crippen molar-refractivity contribution >= 4 is 29.5 Å². The Kier molecular flexibility index (Phi) is 8.86. The van der Waals surface area contributed by atoms with Crippen LogP contribution in [0.4, 0.5) is 14.5 Å². The molecule has 45 heavy (non-hydrogen) atoms. The molecule has 1 amide bonds. The van der Waals surface area contributed by atoms with Crippen LogP contribution in [0, 0.1) is 23.0 Å². The molecule has 3 N–H and O–H groups in total. The smallest absolute Gasteiger partial charge is 0.261 e. The number of aryl methyl sites for hydroxylation is 1.